The van der Waals surface area contributed by atoms with Crippen molar-refractivity contribution in [2.24, 2.45) is 5.92 Å². The summed E-state index contributed by atoms with van der Waals surface area (Å²) in [6, 6.07) is 11.7. The van der Waals surface area contributed by atoms with Gasteiger partial charge in [-0.25, -0.2) is 4.39 Å². The summed E-state index contributed by atoms with van der Waals surface area (Å²) < 4.78 is 14.0. The number of carbonyl (C=O) groups excluding carboxylic acids is 2. The van der Waals surface area contributed by atoms with Gasteiger partial charge in [0.25, 0.3) is 0 Å². The van der Waals surface area contributed by atoms with Crippen LogP contribution in [0.2, 0.25) is 5.02 Å². The largest absolute Gasteiger partial charge is 0.326 e. The maximum Gasteiger partial charge on any atom is 0.227 e. The third kappa shape index (κ3) is 5.30. The van der Waals surface area contributed by atoms with Crippen molar-refractivity contribution in [2.45, 2.75) is 26.3 Å². The molecule has 0 atom stereocenters. The minimum atomic E-state index is -0.296. The zero-order valence-electron chi connectivity index (χ0n) is 15.7. The Morgan fingerprint density at radius 2 is 1.68 bits per heavy atom. The van der Waals surface area contributed by atoms with E-state index in [0.29, 0.717) is 54.4 Å². The van der Waals surface area contributed by atoms with Crippen molar-refractivity contribution < 1.29 is 14.0 Å². The number of carbonyl (C=O) groups is 2. The first-order chi connectivity index (χ1) is 13.4. The number of benzene rings is 2. The zero-order chi connectivity index (χ0) is 20.1. The molecule has 5 nitrogen and oxygen atoms in total. The Morgan fingerprint density at radius 1 is 1.07 bits per heavy atom. The summed E-state index contributed by atoms with van der Waals surface area (Å²) >= 11 is 6.10. The highest BCUT2D eigenvalue weighted by Crippen LogP contribution is 2.25. The average Bonchev–Trinajstić information content (AvgIpc) is 2.66. The SMILES string of the molecule is CC(=O)Nc1ccc(NC(=O)C2CCN(Cc3c(F)cccc3Cl)CC2)cc1. The molecule has 2 aromatic carbocycles. The van der Waals surface area contributed by atoms with Gasteiger partial charge in [-0.15, -0.1) is 0 Å². The number of anilines is 2. The molecular formula is C21H23ClFN3O2. The van der Waals surface area contributed by atoms with E-state index < -0.39 is 0 Å². The second-order valence-electron chi connectivity index (χ2n) is 7.00. The summed E-state index contributed by atoms with van der Waals surface area (Å²) in [5, 5.41) is 6.04. The number of hydrogen-bond acceptors (Lipinski definition) is 3. The van der Waals surface area contributed by atoms with E-state index in [9.17, 15) is 14.0 Å². The van der Waals surface area contributed by atoms with Gasteiger partial charge in [0.2, 0.25) is 11.8 Å². The first-order valence-corrected chi connectivity index (χ1v) is 9.64. The van der Waals surface area contributed by atoms with Crippen LogP contribution in [0.15, 0.2) is 42.5 Å². The predicted molar refractivity (Wildman–Crippen MR) is 109 cm³/mol. The van der Waals surface area contributed by atoms with Gasteiger partial charge in [-0.05, 0) is 62.3 Å². The van der Waals surface area contributed by atoms with Crippen LogP contribution in [-0.2, 0) is 16.1 Å². The quantitative estimate of drug-likeness (QED) is 0.782. The van der Waals surface area contributed by atoms with E-state index in [4.69, 9.17) is 11.6 Å². The van der Waals surface area contributed by atoms with Crippen molar-refractivity contribution in [1.29, 1.82) is 0 Å². The molecule has 0 aliphatic carbocycles. The molecule has 1 fully saturated rings. The summed E-state index contributed by atoms with van der Waals surface area (Å²) in [6.45, 7) is 3.32. The molecule has 0 aromatic heterocycles. The third-order valence-corrected chi connectivity index (χ3v) is 5.23. The van der Waals surface area contributed by atoms with Gasteiger partial charge >= 0.3 is 0 Å². The van der Waals surface area contributed by atoms with Gasteiger partial charge in [-0.3, -0.25) is 14.5 Å². The number of amides is 2. The van der Waals surface area contributed by atoms with Crippen molar-refractivity contribution >= 4 is 34.8 Å². The minimum absolute atomic E-state index is 0.0177. The number of hydrogen-bond donors (Lipinski definition) is 2. The van der Waals surface area contributed by atoms with E-state index in [1.54, 1.807) is 36.4 Å². The normalized spacial score (nSPS) is 15.2. The summed E-state index contributed by atoms with van der Waals surface area (Å²) in [5.74, 6) is -0.534. The van der Waals surface area contributed by atoms with Gasteiger partial charge in [-0.2, -0.15) is 0 Å². The lowest BCUT2D eigenvalue weighted by Gasteiger charge is -2.31. The maximum absolute atomic E-state index is 14.0. The van der Waals surface area contributed by atoms with E-state index in [0.717, 1.165) is 0 Å². The highest BCUT2D eigenvalue weighted by atomic mass is 35.5. The van der Waals surface area contributed by atoms with E-state index in [2.05, 4.69) is 15.5 Å². The molecule has 1 heterocycles. The van der Waals surface area contributed by atoms with Crippen LogP contribution in [-0.4, -0.2) is 29.8 Å². The van der Waals surface area contributed by atoms with Crippen LogP contribution in [0.1, 0.15) is 25.3 Å². The monoisotopic (exact) mass is 403 g/mol. The number of nitrogens with zero attached hydrogens (tertiary/aromatic N) is 1. The first kappa shape index (κ1) is 20.3. The first-order valence-electron chi connectivity index (χ1n) is 9.26. The lowest BCUT2D eigenvalue weighted by Crippen LogP contribution is -2.38. The molecule has 3 rings (SSSR count). The summed E-state index contributed by atoms with van der Waals surface area (Å²) in [7, 11) is 0. The number of halogens is 2. The highest BCUT2D eigenvalue weighted by molar-refractivity contribution is 6.31. The van der Waals surface area contributed by atoms with Crippen LogP contribution >= 0.6 is 11.6 Å². The smallest absolute Gasteiger partial charge is 0.227 e. The molecule has 7 heteroatoms. The van der Waals surface area contributed by atoms with E-state index in [-0.39, 0.29) is 23.5 Å². The van der Waals surface area contributed by atoms with Gasteiger partial charge in [-0.1, -0.05) is 17.7 Å². The van der Waals surface area contributed by atoms with Gasteiger partial charge in [0.15, 0.2) is 0 Å². The van der Waals surface area contributed by atoms with Crippen LogP contribution < -0.4 is 10.6 Å². The zero-order valence-corrected chi connectivity index (χ0v) is 16.4. The molecule has 2 N–H and O–H groups in total. The van der Waals surface area contributed by atoms with Crippen LogP contribution in [0.5, 0.6) is 0 Å². The maximum atomic E-state index is 14.0. The Morgan fingerprint density at radius 3 is 2.25 bits per heavy atom. The molecule has 1 aliphatic rings. The highest BCUT2D eigenvalue weighted by Gasteiger charge is 2.26. The fourth-order valence-electron chi connectivity index (χ4n) is 3.34. The second kappa shape index (κ2) is 9.17. The van der Waals surface area contributed by atoms with Gasteiger partial charge in [0.1, 0.15) is 5.82 Å². The van der Waals surface area contributed by atoms with Crippen molar-refractivity contribution in [3.63, 3.8) is 0 Å². The molecule has 0 saturated carbocycles. The van der Waals surface area contributed by atoms with Crippen LogP contribution in [0.25, 0.3) is 0 Å². The van der Waals surface area contributed by atoms with Crippen molar-refractivity contribution in [3.05, 3.63) is 58.9 Å². The van der Waals surface area contributed by atoms with Gasteiger partial charge in [0, 0.05) is 41.3 Å². The lowest BCUT2D eigenvalue weighted by atomic mass is 9.95. The molecule has 2 aromatic rings. The Bertz CT molecular complexity index is 829. The Hall–Kier alpha value is -2.44. The standard InChI is InChI=1S/C21H23ClFN3O2/c1-14(27)24-16-5-7-17(8-6-16)25-21(28)15-9-11-26(12-10-15)13-18-19(22)3-2-4-20(18)23/h2-8,15H,9-13H2,1H3,(H,24,27)(H,25,28). The Balaban J connectivity index is 1.50. The van der Waals surface area contributed by atoms with Crippen molar-refractivity contribution in [3.8, 4) is 0 Å². The average molecular weight is 404 g/mol. The number of piperidine rings is 1. The van der Waals surface area contributed by atoms with E-state index in [1.165, 1.54) is 13.0 Å². The Kier molecular flexibility index (Phi) is 6.65. The summed E-state index contributed by atoms with van der Waals surface area (Å²) in [4.78, 5) is 25.7. The number of rotatable bonds is 5. The molecule has 0 radical (unpaired) electrons. The minimum Gasteiger partial charge on any atom is -0.326 e. The number of nitrogens with one attached hydrogen (secondary N) is 2. The van der Waals surface area contributed by atoms with E-state index in [1.807, 2.05) is 0 Å². The second-order valence-corrected chi connectivity index (χ2v) is 7.41. The molecule has 1 saturated heterocycles. The topological polar surface area (TPSA) is 61.4 Å². The van der Waals surface area contributed by atoms with Crippen LogP contribution in [0, 0.1) is 11.7 Å². The fraction of sp³-hybridized carbons (Fsp3) is 0.333. The molecule has 0 bridgehead atoms. The Labute approximate surface area is 168 Å². The fourth-order valence-corrected chi connectivity index (χ4v) is 3.57. The lowest BCUT2D eigenvalue weighted by molar-refractivity contribution is -0.121. The van der Waals surface area contributed by atoms with Crippen LogP contribution in [0.4, 0.5) is 15.8 Å². The predicted octanol–water partition coefficient (Wildman–Crippen LogP) is 4.29. The molecule has 0 unspecified atom stereocenters. The van der Waals surface area contributed by atoms with Crippen molar-refractivity contribution in [1.82, 2.24) is 4.90 Å². The van der Waals surface area contributed by atoms with Gasteiger partial charge in [0.05, 0.1) is 0 Å². The van der Waals surface area contributed by atoms with Crippen molar-refractivity contribution in [2.75, 3.05) is 23.7 Å². The molecule has 0 spiro atoms. The van der Waals surface area contributed by atoms with Crippen LogP contribution in [0.3, 0.4) is 0 Å². The van der Waals surface area contributed by atoms with Gasteiger partial charge < -0.3 is 10.6 Å². The third-order valence-electron chi connectivity index (χ3n) is 4.87. The molecule has 2 amide bonds. The molecule has 148 valence electrons. The molecular weight excluding hydrogens is 381 g/mol. The van der Waals surface area contributed by atoms with E-state index >= 15 is 0 Å². The molecule has 1 aliphatic heterocycles. The number of likely N-dealkylation sites (tertiary alicyclic amines) is 1. The summed E-state index contributed by atoms with van der Waals surface area (Å²) in [5.41, 5.74) is 1.89. The summed E-state index contributed by atoms with van der Waals surface area (Å²) in [6.07, 6.45) is 1.42. The molecule has 28 heavy (non-hydrogen) atoms.